The third-order valence-corrected chi connectivity index (χ3v) is 1.52. The Bertz CT molecular complexity index is 180. The van der Waals surface area contributed by atoms with Crippen LogP contribution in [0.15, 0.2) is 23.5 Å². The summed E-state index contributed by atoms with van der Waals surface area (Å²) in [5, 5.41) is -0.0386. The zero-order valence-electron chi connectivity index (χ0n) is 4.49. The zero-order valence-corrected chi connectivity index (χ0v) is 6.14. The molecular weight excluding hydrogens is 162 g/mol. The SMILES string of the molecule is C=CC(Cl)=CP(=O)(O)O. The van der Waals surface area contributed by atoms with E-state index >= 15 is 0 Å². The molecule has 0 unspecified atom stereocenters. The minimum absolute atomic E-state index is 0.0386. The highest BCUT2D eigenvalue weighted by atomic mass is 35.5. The Balaban J connectivity index is 4.30. The maximum Gasteiger partial charge on any atom is 0.350 e. The highest BCUT2D eigenvalue weighted by Gasteiger charge is 2.07. The van der Waals surface area contributed by atoms with Crippen molar-refractivity contribution in [1.29, 1.82) is 0 Å². The Kier molecular flexibility index (Phi) is 3.15. The third-order valence-electron chi connectivity index (χ3n) is 0.487. The van der Waals surface area contributed by atoms with Crippen LogP contribution in [0.1, 0.15) is 0 Å². The average Bonchev–Trinajstić information content (AvgIpc) is 1.62. The first kappa shape index (κ1) is 8.92. The van der Waals surface area contributed by atoms with Crippen molar-refractivity contribution in [2.45, 2.75) is 0 Å². The van der Waals surface area contributed by atoms with Crippen LogP contribution in [-0.2, 0) is 4.57 Å². The molecule has 5 heteroatoms. The topological polar surface area (TPSA) is 57.5 Å². The van der Waals surface area contributed by atoms with Gasteiger partial charge in [0.1, 0.15) is 0 Å². The molecule has 0 aromatic rings. The lowest BCUT2D eigenvalue weighted by Gasteiger charge is -1.93. The second-order valence-corrected chi connectivity index (χ2v) is 3.18. The molecule has 0 amide bonds. The Labute approximate surface area is 57.8 Å². The summed E-state index contributed by atoms with van der Waals surface area (Å²) >= 11 is 5.20. The molecule has 0 atom stereocenters. The van der Waals surface area contributed by atoms with Gasteiger partial charge in [0.05, 0.1) is 0 Å². The van der Waals surface area contributed by atoms with Crippen LogP contribution >= 0.6 is 19.2 Å². The molecule has 0 aromatic heterocycles. The minimum atomic E-state index is -4.10. The van der Waals surface area contributed by atoms with E-state index in [1.165, 1.54) is 0 Å². The smallest absolute Gasteiger partial charge is 0.321 e. The monoisotopic (exact) mass is 168 g/mol. The largest absolute Gasteiger partial charge is 0.350 e. The van der Waals surface area contributed by atoms with Crippen molar-refractivity contribution in [2.24, 2.45) is 0 Å². The van der Waals surface area contributed by atoms with Crippen LogP contribution in [-0.4, -0.2) is 9.79 Å². The van der Waals surface area contributed by atoms with Crippen LogP contribution in [0, 0.1) is 0 Å². The molecule has 0 saturated heterocycles. The van der Waals surface area contributed by atoms with E-state index in [0.29, 0.717) is 5.82 Å². The van der Waals surface area contributed by atoms with Gasteiger partial charge in [-0.05, 0) is 0 Å². The first-order chi connectivity index (χ1) is 3.95. The van der Waals surface area contributed by atoms with Crippen LogP contribution in [0.3, 0.4) is 0 Å². The van der Waals surface area contributed by atoms with Crippen molar-refractivity contribution in [1.82, 2.24) is 0 Å². The van der Waals surface area contributed by atoms with Crippen LogP contribution in [0.4, 0.5) is 0 Å². The second kappa shape index (κ2) is 3.18. The van der Waals surface area contributed by atoms with Gasteiger partial charge in [0, 0.05) is 10.8 Å². The summed E-state index contributed by atoms with van der Waals surface area (Å²) in [4.78, 5) is 16.4. The quantitative estimate of drug-likeness (QED) is 0.484. The summed E-state index contributed by atoms with van der Waals surface area (Å²) in [6, 6.07) is 0. The lowest BCUT2D eigenvalue weighted by atomic mass is 10.6. The lowest BCUT2D eigenvalue weighted by Crippen LogP contribution is -1.69. The number of rotatable bonds is 2. The van der Waals surface area contributed by atoms with Gasteiger partial charge < -0.3 is 9.79 Å². The van der Waals surface area contributed by atoms with Crippen LogP contribution in [0.5, 0.6) is 0 Å². The summed E-state index contributed by atoms with van der Waals surface area (Å²) in [5.74, 6) is 0.640. The fourth-order valence-electron chi connectivity index (χ4n) is 0.213. The van der Waals surface area contributed by atoms with Gasteiger partial charge in [-0.15, -0.1) is 0 Å². The van der Waals surface area contributed by atoms with E-state index in [1.807, 2.05) is 0 Å². The predicted molar refractivity (Wildman–Crippen MR) is 36.2 cm³/mol. The molecule has 3 nitrogen and oxygen atoms in total. The van der Waals surface area contributed by atoms with Crippen molar-refractivity contribution in [2.75, 3.05) is 0 Å². The van der Waals surface area contributed by atoms with E-state index < -0.39 is 7.60 Å². The van der Waals surface area contributed by atoms with E-state index in [4.69, 9.17) is 21.4 Å². The zero-order chi connectivity index (χ0) is 7.49. The molecule has 0 radical (unpaired) electrons. The molecule has 52 valence electrons. The van der Waals surface area contributed by atoms with Crippen molar-refractivity contribution in [3.63, 3.8) is 0 Å². The molecular formula is C4H6ClO3P. The van der Waals surface area contributed by atoms with Crippen molar-refractivity contribution in [3.05, 3.63) is 23.5 Å². The van der Waals surface area contributed by atoms with Gasteiger partial charge in [-0.2, -0.15) is 0 Å². The summed E-state index contributed by atoms with van der Waals surface area (Å²) in [7, 11) is -4.10. The number of hydrogen-bond donors (Lipinski definition) is 2. The Morgan fingerprint density at radius 3 is 2.22 bits per heavy atom. The first-order valence-electron chi connectivity index (χ1n) is 2.02. The van der Waals surface area contributed by atoms with Crippen molar-refractivity contribution >= 4 is 19.2 Å². The number of allylic oxidation sites excluding steroid dienone is 2. The molecule has 0 heterocycles. The molecule has 0 bridgehead atoms. The van der Waals surface area contributed by atoms with E-state index in [1.54, 1.807) is 0 Å². The van der Waals surface area contributed by atoms with Crippen LogP contribution in [0.2, 0.25) is 0 Å². The number of hydrogen-bond acceptors (Lipinski definition) is 1. The minimum Gasteiger partial charge on any atom is -0.321 e. The maximum absolute atomic E-state index is 10.1. The molecule has 2 N–H and O–H groups in total. The van der Waals surface area contributed by atoms with Gasteiger partial charge in [0.25, 0.3) is 0 Å². The predicted octanol–water partition coefficient (Wildman–Crippen LogP) is 1.43. The molecule has 0 rings (SSSR count). The van der Waals surface area contributed by atoms with E-state index in [2.05, 4.69) is 6.58 Å². The molecule has 0 fully saturated rings. The van der Waals surface area contributed by atoms with Crippen LogP contribution in [0.25, 0.3) is 0 Å². The van der Waals surface area contributed by atoms with Gasteiger partial charge in [-0.25, -0.2) is 0 Å². The van der Waals surface area contributed by atoms with Gasteiger partial charge >= 0.3 is 7.60 Å². The summed E-state index contributed by atoms with van der Waals surface area (Å²) in [6.45, 7) is 3.20. The molecule has 0 aliphatic rings. The maximum atomic E-state index is 10.1. The summed E-state index contributed by atoms with van der Waals surface area (Å²) < 4.78 is 10.1. The Morgan fingerprint density at radius 1 is 1.67 bits per heavy atom. The standard InChI is InChI=1S/C4H6ClO3P/c1-2-4(5)3-9(6,7)8/h2-3H,1H2,(H2,6,7,8). The van der Waals surface area contributed by atoms with Crippen molar-refractivity contribution < 1.29 is 14.4 Å². The molecule has 9 heavy (non-hydrogen) atoms. The normalized spacial score (nSPS) is 13.4. The van der Waals surface area contributed by atoms with Gasteiger partial charge in [-0.1, -0.05) is 24.3 Å². The van der Waals surface area contributed by atoms with E-state index in [-0.39, 0.29) is 5.03 Å². The van der Waals surface area contributed by atoms with Gasteiger partial charge in [0.2, 0.25) is 0 Å². The van der Waals surface area contributed by atoms with Crippen LogP contribution < -0.4 is 0 Å². The second-order valence-electron chi connectivity index (χ2n) is 1.31. The molecule has 0 spiro atoms. The van der Waals surface area contributed by atoms with Crippen molar-refractivity contribution in [3.8, 4) is 0 Å². The summed E-state index contributed by atoms with van der Waals surface area (Å²) in [5.41, 5.74) is 0. The lowest BCUT2D eigenvalue weighted by molar-refractivity contribution is 0.386. The Morgan fingerprint density at radius 2 is 2.11 bits per heavy atom. The number of halogens is 1. The fraction of sp³-hybridized carbons (Fsp3) is 0. The van der Waals surface area contributed by atoms with Gasteiger partial charge in [-0.3, -0.25) is 4.57 Å². The fourth-order valence-corrected chi connectivity index (χ4v) is 1.02. The van der Waals surface area contributed by atoms with E-state index in [0.717, 1.165) is 6.08 Å². The molecule has 0 saturated carbocycles. The highest BCUT2D eigenvalue weighted by molar-refractivity contribution is 7.55. The average molecular weight is 169 g/mol. The molecule has 0 aliphatic carbocycles. The van der Waals surface area contributed by atoms with E-state index in [9.17, 15) is 4.57 Å². The molecule has 0 aromatic carbocycles. The first-order valence-corrected chi connectivity index (χ1v) is 4.07. The van der Waals surface area contributed by atoms with Gasteiger partial charge in [0.15, 0.2) is 0 Å². The summed E-state index contributed by atoms with van der Waals surface area (Å²) in [6.07, 6.45) is 1.15. The molecule has 0 aliphatic heterocycles. The Hall–Kier alpha value is -0.0800. The highest BCUT2D eigenvalue weighted by Crippen LogP contribution is 2.38. The third kappa shape index (κ3) is 5.80.